The lowest BCUT2D eigenvalue weighted by Crippen LogP contribution is -2.51. The number of hydrogen-bond donors (Lipinski definition) is 2. The number of nitrogens with one attached hydrogen (secondary N) is 1. The Morgan fingerprint density at radius 2 is 2.19 bits per heavy atom. The molecule has 2 fully saturated rings. The van der Waals surface area contributed by atoms with E-state index in [2.05, 4.69) is 16.3 Å². The molecule has 1 heterocycles. The molecule has 0 spiro atoms. The fourth-order valence-electron chi connectivity index (χ4n) is 3.57. The van der Waals surface area contributed by atoms with Gasteiger partial charge in [0.05, 0.1) is 12.6 Å². The van der Waals surface area contributed by atoms with Gasteiger partial charge in [0.15, 0.2) is 0 Å². The van der Waals surface area contributed by atoms with E-state index in [1.165, 1.54) is 12.8 Å². The van der Waals surface area contributed by atoms with Crippen LogP contribution in [0.4, 0.5) is 0 Å². The van der Waals surface area contributed by atoms with Gasteiger partial charge in [-0.1, -0.05) is 20.3 Å². The predicted molar refractivity (Wildman–Crippen MR) is 82.2 cm³/mol. The van der Waals surface area contributed by atoms with Crippen molar-refractivity contribution in [1.29, 1.82) is 5.26 Å². The van der Waals surface area contributed by atoms with Crippen molar-refractivity contribution in [2.75, 3.05) is 19.6 Å². The molecule has 21 heavy (non-hydrogen) atoms. The molecule has 3 N–H and O–H groups in total. The monoisotopic (exact) mass is 292 g/mol. The van der Waals surface area contributed by atoms with Crippen molar-refractivity contribution in [2.24, 2.45) is 23.5 Å². The van der Waals surface area contributed by atoms with Gasteiger partial charge in [-0.2, -0.15) is 5.26 Å². The molecular weight excluding hydrogens is 264 g/mol. The van der Waals surface area contributed by atoms with E-state index in [1.54, 1.807) is 6.92 Å². The number of fused-ring (bicyclic) bond motifs is 1. The number of nitrogens with two attached hydrogens (primary N) is 1. The van der Waals surface area contributed by atoms with Gasteiger partial charge in [-0.15, -0.1) is 0 Å². The van der Waals surface area contributed by atoms with Gasteiger partial charge in [0.2, 0.25) is 5.91 Å². The first-order valence-corrected chi connectivity index (χ1v) is 8.06. The maximum Gasteiger partial charge on any atom is 0.235 e. The third-order valence-electron chi connectivity index (χ3n) is 5.38. The smallest absolute Gasteiger partial charge is 0.235 e. The lowest BCUT2D eigenvalue weighted by atomic mass is 9.78. The van der Waals surface area contributed by atoms with Gasteiger partial charge in [-0.05, 0) is 37.5 Å². The summed E-state index contributed by atoms with van der Waals surface area (Å²) in [5, 5.41) is 12.2. The normalized spacial score (nSPS) is 32.3. The minimum absolute atomic E-state index is 0.0556. The highest BCUT2D eigenvalue weighted by Crippen LogP contribution is 2.35. The summed E-state index contributed by atoms with van der Waals surface area (Å²) in [7, 11) is 0. The third-order valence-corrected chi connectivity index (χ3v) is 5.38. The molecule has 0 aromatic rings. The van der Waals surface area contributed by atoms with Gasteiger partial charge in [0, 0.05) is 19.1 Å². The Hall–Kier alpha value is -1.12. The lowest BCUT2D eigenvalue weighted by molar-refractivity contribution is -0.123. The van der Waals surface area contributed by atoms with Crippen LogP contribution >= 0.6 is 0 Å². The summed E-state index contributed by atoms with van der Waals surface area (Å²) in [4.78, 5) is 14.4. The first-order valence-electron chi connectivity index (χ1n) is 8.06. The zero-order valence-electron chi connectivity index (χ0n) is 13.4. The molecule has 5 nitrogen and oxygen atoms in total. The van der Waals surface area contributed by atoms with Crippen molar-refractivity contribution in [1.82, 2.24) is 10.2 Å². The first kappa shape index (κ1) is 16.3. The van der Waals surface area contributed by atoms with Crippen molar-refractivity contribution in [3.63, 3.8) is 0 Å². The van der Waals surface area contributed by atoms with E-state index in [0.29, 0.717) is 18.4 Å². The Bertz CT molecular complexity index is 430. The minimum Gasteiger partial charge on any atom is -0.337 e. The summed E-state index contributed by atoms with van der Waals surface area (Å²) in [6.45, 7) is 7.96. The van der Waals surface area contributed by atoms with Crippen LogP contribution in [-0.4, -0.2) is 42.0 Å². The molecule has 1 saturated heterocycles. The third kappa shape index (κ3) is 3.56. The second-order valence-electron chi connectivity index (χ2n) is 7.23. The molecule has 2 aliphatic rings. The molecule has 0 bridgehead atoms. The fraction of sp³-hybridized carbons (Fsp3) is 0.875. The van der Waals surface area contributed by atoms with E-state index < -0.39 is 5.54 Å². The van der Waals surface area contributed by atoms with Crippen LogP contribution in [0.1, 0.15) is 40.0 Å². The largest absolute Gasteiger partial charge is 0.337 e. The summed E-state index contributed by atoms with van der Waals surface area (Å²) in [5.41, 5.74) is 5.41. The van der Waals surface area contributed by atoms with Crippen LogP contribution in [0.5, 0.6) is 0 Å². The highest BCUT2D eigenvalue weighted by Gasteiger charge is 2.39. The molecule has 1 aliphatic carbocycles. The van der Waals surface area contributed by atoms with Crippen molar-refractivity contribution >= 4 is 5.91 Å². The number of nitrogens with zero attached hydrogens (tertiary/aromatic N) is 2. The topological polar surface area (TPSA) is 82.2 Å². The van der Waals surface area contributed by atoms with Crippen molar-refractivity contribution < 1.29 is 4.79 Å². The fourth-order valence-corrected chi connectivity index (χ4v) is 3.57. The summed E-state index contributed by atoms with van der Waals surface area (Å²) in [6, 6.07) is 2.51. The first-order chi connectivity index (χ1) is 9.85. The average molecular weight is 292 g/mol. The Morgan fingerprint density at radius 1 is 1.48 bits per heavy atom. The number of carbonyl (C=O) groups is 1. The molecule has 1 aliphatic heterocycles. The Balaban J connectivity index is 1.88. The lowest BCUT2D eigenvalue weighted by Gasteiger charge is -2.30. The molecule has 0 aromatic heterocycles. The van der Waals surface area contributed by atoms with Crippen LogP contribution in [0, 0.1) is 29.1 Å². The van der Waals surface area contributed by atoms with Crippen molar-refractivity contribution in [3.8, 4) is 6.07 Å². The molecule has 4 unspecified atom stereocenters. The highest BCUT2D eigenvalue weighted by molar-refractivity contribution is 5.79. The maximum absolute atomic E-state index is 12.2. The average Bonchev–Trinajstić information content (AvgIpc) is 2.82. The van der Waals surface area contributed by atoms with E-state index in [9.17, 15) is 10.1 Å². The molecule has 0 aromatic carbocycles. The molecule has 0 radical (unpaired) electrons. The van der Waals surface area contributed by atoms with Gasteiger partial charge in [0.1, 0.15) is 5.54 Å². The van der Waals surface area contributed by atoms with Crippen molar-refractivity contribution in [3.05, 3.63) is 0 Å². The number of likely N-dealkylation sites (tertiary alicyclic amines) is 1. The molecule has 4 atom stereocenters. The van der Waals surface area contributed by atoms with Gasteiger partial charge < -0.3 is 11.1 Å². The quantitative estimate of drug-likeness (QED) is 0.813. The van der Waals surface area contributed by atoms with Gasteiger partial charge in [-0.3, -0.25) is 9.69 Å². The number of amides is 1. The van der Waals surface area contributed by atoms with E-state index in [0.717, 1.165) is 19.5 Å². The van der Waals surface area contributed by atoms with E-state index in [-0.39, 0.29) is 17.9 Å². The number of rotatable bonds is 4. The molecule has 2 rings (SSSR count). The van der Waals surface area contributed by atoms with Gasteiger partial charge in [0.25, 0.3) is 0 Å². The van der Waals surface area contributed by atoms with Crippen LogP contribution in [0.25, 0.3) is 0 Å². The number of carbonyl (C=O) groups excluding carboxylic acids is 1. The Labute approximate surface area is 127 Å². The molecule has 1 saturated carbocycles. The maximum atomic E-state index is 12.2. The SMILES string of the molecule is CC(C)C(C)(C#N)NC(=O)CN1CC2CCCC(N)C2C1. The van der Waals surface area contributed by atoms with E-state index >= 15 is 0 Å². The van der Waals surface area contributed by atoms with E-state index in [1.807, 2.05) is 13.8 Å². The van der Waals surface area contributed by atoms with Crippen LogP contribution in [-0.2, 0) is 4.79 Å². The zero-order valence-corrected chi connectivity index (χ0v) is 13.4. The Kier molecular flexibility index (Phi) is 4.90. The Morgan fingerprint density at radius 3 is 2.76 bits per heavy atom. The summed E-state index contributed by atoms with van der Waals surface area (Å²) in [5.74, 6) is 1.22. The highest BCUT2D eigenvalue weighted by atomic mass is 16.2. The zero-order chi connectivity index (χ0) is 15.6. The molecular formula is C16H28N4O. The predicted octanol–water partition coefficient (Wildman–Crippen LogP) is 1.10. The number of hydrogen-bond acceptors (Lipinski definition) is 4. The summed E-state index contributed by atoms with van der Waals surface area (Å²) >= 11 is 0. The van der Waals surface area contributed by atoms with Crippen LogP contribution in [0.2, 0.25) is 0 Å². The second-order valence-corrected chi connectivity index (χ2v) is 7.23. The summed E-state index contributed by atoms with van der Waals surface area (Å²) in [6.07, 6.45) is 3.56. The van der Waals surface area contributed by atoms with Crippen LogP contribution in [0.3, 0.4) is 0 Å². The number of nitriles is 1. The van der Waals surface area contributed by atoms with Crippen LogP contribution < -0.4 is 11.1 Å². The van der Waals surface area contributed by atoms with E-state index in [4.69, 9.17) is 5.73 Å². The standard InChI is InChI=1S/C16H28N4O/c1-11(2)16(3,10-17)19-15(21)9-20-7-12-5-4-6-14(18)13(12)8-20/h11-14H,4-9,18H2,1-3H3,(H,19,21). The van der Waals surface area contributed by atoms with Gasteiger partial charge >= 0.3 is 0 Å². The second kappa shape index (κ2) is 6.33. The minimum atomic E-state index is -0.792. The van der Waals surface area contributed by atoms with Gasteiger partial charge in [-0.25, -0.2) is 0 Å². The molecule has 1 amide bonds. The molecule has 118 valence electrons. The summed E-state index contributed by atoms with van der Waals surface area (Å²) < 4.78 is 0. The molecule has 5 heteroatoms. The van der Waals surface area contributed by atoms with Crippen molar-refractivity contribution in [2.45, 2.75) is 51.6 Å². The van der Waals surface area contributed by atoms with Crippen LogP contribution in [0.15, 0.2) is 0 Å².